The molecule has 1 aromatic heterocycles. The van der Waals surface area contributed by atoms with Crippen LogP contribution in [0.1, 0.15) is 35.2 Å². The van der Waals surface area contributed by atoms with E-state index in [0.29, 0.717) is 17.7 Å². The molecule has 4 rings (SSSR count). The number of nitrogens with zero attached hydrogens (tertiary/aromatic N) is 4. The van der Waals surface area contributed by atoms with Crippen molar-refractivity contribution in [2.45, 2.75) is 44.2 Å². The fraction of sp³-hybridized carbons (Fsp3) is 0.333. The topological polar surface area (TPSA) is 106 Å². The lowest BCUT2D eigenvalue weighted by atomic mass is 9.98. The molecule has 0 spiro atoms. The molecule has 0 saturated carbocycles. The van der Waals surface area contributed by atoms with Gasteiger partial charge in [-0.25, -0.2) is 13.2 Å². The molecule has 0 saturated heterocycles. The Morgan fingerprint density at radius 2 is 1.68 bits per heavy atom. The zero-order valence-corrected chi connectivity index (χ0v) is 19.7. The fourth-order valence-electron chi connectivity index (χ4n) is 4.32. The third-order valence-corrected chi connectivity index (χ3v) is 6.16. The summed E-state index contributed by atoms with van der Waals surface area (Å²) < 4.78 is 82.0. The molecule has 1 aliphatic rings. The molecular formula is C24H22F6N6O2. The van der Waals surface area contributed by atoms with Gasteiger partial charge in [0.2, 0.25) is 17.6 Å². The average molecular weight is 540 g/mol. The Hall–Kier alpha value is -3.94. The zero-order valence-electron chi connectivity index (χ0n) is 19.7. The van der Waals surface area contributed by atoms with Crippen molar-refractivity contribution in [1.82, 2.24) is 25.0 Å². The van der Waals surface area contributed by atoms with Crippen molar-refractivity contribution in [3.8, 4) is 0 Å². The monoisotopic (exact) mass is 540 g/mol. The number of hydrogen-bond donors (Lipinski definition) is 2. The van der Waals surface area contributed by atoms with Crippen molar-refractivity contribution in [3.05, 3.63) is 82.7 Å². The Bertz CT molecular complexity index is 1330. The number of carbonyl (C=O) groups is 2. The number of aromatic nitrogens is 3. The summed E-state index contributed by atoms with van der Waals surface area (Å²) in [7, 11) is 0. The van der Waals surface area contributed by atoms with E-state index < -0.39 is 53.4 Å². The zero-order chi connectivity index (χ0) is 27.6. The number of fused-ring (bicyclic) bond motifs is 1. The Labute approximate surface area is 212 Å². The van der Waals surface area contributed by atoms with Gasteiger partial charge in [-0.1, -0.05) is 30.3 Å². The molecule has 2 amide bonds. The highest BCUT2D eigenvalue weighted by molar-refractivity contribution is 5.82. The van der Waals surface area contributed by atoms with Crippen LogP contribution in [0, 0.1) is 17.5 Å². The van der Waals surface area contributed by atoms with Gasteiger partial charge in [-0.05, 0) is 23.6 Å². The van der Waals surface area contributed by atoms with E-state index >= 15 is 0 Å². The van der Waals surface area contributed by atoms with Crippen molar-refractivity contribution in [2.24, 2.45) is 5.73 Å². The summed E-state index contributed by atoms with van der Waals surface area (Å²) in [5, 5.41) is 9.62. The minimum atomic E-state index is -4.71. The predicted molar refractivity (Wildman–Crippen MR) is 120 cm³/mol. The molecule has 2 aromatic carbocycles. The second-order valence-electron chi connectivity index (χ2n) is 8.78. The minimum absolute atomic E-state index is 0.0626. The van der Waals surface area contributed by atoms with Crippen molar-refractivity contribution >= 4 is 11.8 Å². The number of hydrogen-bond acceptors (Lipinski definition) is 5. The molecule has 38 heavy (non-hydrogen) atoms. The lowest BCUT2D eigenvalue weighted by Crippen LogP contribution is -2.46. The van der Waals surface area contributed by atoms with Crippen LogP contribution in [0.15, 0.2) is 42.5 Å². The lowest BCUT2D eigenvalue weighted by molar-refractivity contribution is -0.148. The number of nitrogens with two attached hydrogens (primary N) is 1. The van der Waals surface area contributed by atoms with Crippen LogP contribution in [0.2, 0.25) is 0 Å². The van der Waals surface area contributed by atoms with Crippen LogP contribution in [-0.2, 0) is 35.3 Å². The molecule has 1 aliphatic heterocycles. The largest absolute Gasteiger partial charge is 0.451 e. The van der Waals surface area contributed by atoms with Gasteiger partial charge in [0.25, 0.3) is 0 Å². The lowest BCUT2D eigenvalue weighted by Gasteiger charge is -2.31. The molecule has 0 radical (unpaired) electrons. The highest BCUT2D eigenvalue weighted by Gasteiger charge is 2.40. The second-order valence-corrected chi connectivity index (χ2v) is 8.78. The quantitative estimate of drug-likeness (QED) is 0.338. The van der Waals surface area contributed by atoms with Gasteiger partial charge in [0.05, 0.1) is 6.54 Å². The number of amides is 2. The first kappa shape index (κ1) is 27.1. The van der Waals surface area contributed by atoms with Gasteiger partial charge in [0.15, 0.2) is 17.5 Å². The summed E-state index contributed by atoms with van der Waals surface area (Å²) in [5.41, 5.74) is 5.76. The molecule has 202 valence electrons. The van der Waals surface area contributed by atoms with Gasteiger partial charge >= 0.3 is 6.18 Å². The van der Waals surface area contributed by atoms with Gasteiger partial charge in [-0.2, -0.15) is 13.2 Å². The summed E-state index contributed by atoms with van der Waals surface area (Å²) in [6, 6.07) is 7.16. The Morgan fingerprint density at radius 1 is 1.00 bits per heavy atom. The summed E-state index contributed by atoms with van der Waals surface area (Å²) in [4.78, 5) is 26.7. The third-order valence-electron chi connectivity index (χ3n) is 6.16. The van der Waals surface area contributed by atoms with E-state index in [0.717, 1.165) is 4.57 Å². The highest BCUT2D eigenvalue weighted by Crippen LogP contribution is 2.29. The number of alkyl halides is 3. The van der Waals surface area contributed by atoms with Crippen LogP contribution >= 0.6 is 0 Å². The first-order valence-electron chi connectivity index (χ1n) is 11.4. The molecule has 14 heteroatoms. The number of nitrogens with one attached hydrogen (secondary N) is 1. The van der Waals surface area contributed by atoms with Gasteiger partial charge in [0.1, 0.15) is 11.9 Å². The van der Waals surface area contributed by atoms with Crippen molar-refractivity contribution in [3.63, 3.8) is 0 Å². The number of primary amides is 1. The average Bonchev–Trinajstić information content (AvgIpc) is 3.30. The van der Waals surface area contributed by atoms with E-state index in [1.807, 2.05) is 0 Å². The second kappa shape index (κ2) is 10.8. The van der Waals surface area contributed by atoms with Gasteiger partial charge in [-0.15, -0.1) is 10.2 Å². The van der Waals surface area contributed by atoms with Crippen LogP contribution in [0.25, 0.3) is 0 Å². The number of carbonyl (C=O) groups excluding carboxylic acids is 2. The number of rotatable bonds is 8. The van der Waals surface area contributed by atoms with Crippen LogP contribution in [0.4, 0.5) is 26.3 Å². The summed E-state index contributed by atoms with van der Waals surface area (Å²) in [5.74, 6) is -6.31. The Balaban J connectivity index is 1.57. The van der Waals surface area contributed by atoms with E-state index in [1.165, 1.54) is 4.90 Å². The molecule has 2 atom stereocenters. The number of benzene rings is 2. The third kappa shape index (κ3) is 5.96. The van der Waals surface area contributed by atoms with Crippen molar-refractivity contribution in [1.29, 1.82) is 0 Å². The summed E-state index contributed by atoms with van der Waals surface area (Å²) in [6.45, 7) is -0.546. The minimum Gasteiger partial charge on any atom is -0.368 e. The molecule has 3 aromatic rings. The van der Waals surface area contributed by atoms with Crippen LogP contribution in [0.3, 0.4) is 0 Å². The smallest absolute Gasteiger partial charge is 0.368 e. The van der Waals surface area contributed by atoms with E-state index in [-0.39, 0.29) is 43.9 Å². The van der Waals surface area contributed by atoms with Crippen LogP contribution < -0.4 is 11.1 Å². The predicted octanol–water partition coefficient (Wildman–Crippen LogP) is 2.87. The molecule has 0 unspecified atom stereocenters. The highest BCUT2D eigenvalue weighted by atomic mass is 19.4. The first-order chi connectivity index (χ1) is 17.9. The SMILES string of the molecule is NC(=O)[C@H](N[C@H](CC(=O)N1CCn2c(nnc2C(F)(F)F)C1)Cc1cc(F)c(F)cc1F)c1ccccc1. The van der Waals surface area contributed by atoms with Crippen molar-refractivity contribution < 1.29 is 35.9 Å². The molecule has 0 fully saturated rings. The maximum absolute atomic E-state index is 14.4. The maximum Gasteiger partial charge on any atom is 0.451 e. The van der Waals surface area contributed by atoms with Crippen LogP contribution in [0.5, 0.6) is 0 Å². The Kier molecular flexibility index (Phi) is 7.71. The molecular weight excluding hydrogens is 518 g/mol. The van der Waals surface area contributed by atoms with E-state index in [1.54, 1.807) is 30.3 Å². The molecule has 0 bridgehead atoms. The standard InChI is InChI=1S/C24H22F6N6O2/c25-16-11-18(27)17(26)9-14(16)8-15(32-21(22(31)38)13-4-2-1-3-5-13)10-20(37)35-6-7-36-19(12-35)33-34-23(36)24(28,29)30/h1-5,9,11,15,21,32H,6-8,10,12H2,(H2,31,38)/t15-,21+/m0/s1. The van der Waals surface area contributed by atoms with Gasteiger partial charge in [-0.3, -0.25) is 14.9 Å². The molecule has 3 N–H and O–H groups in total. The van der Waals surface area contributed by atoms with Crippen LogP contribution in [-0.4, -0.2) is 44.1 Å². The summed E-state index contributed by atoms with van der Waals surface area (Å²) in [6.07, 6.45) is -5.40. The van der Waals surface area contributed by atoms with Gasteiger partial charge in [0, 0.05) is 31.6 Å². The maximum atomic E-state index is 14.4. The van der Waals surface area contributed by atoms with Crippen molar-refractivity contribution in [2.75, 3.05) is 6.54 Å². The number of halogens is 6. The molecule has 2 heterocycles. The Morgan fingerprint density at radius 3 is 2.34 bits per heavy atom. The van der Waals surface area contributed by atoms with E-state index in [4.69, 9.17) is 5.73 Å². The first-order valence-corrected chi connectivity index (χ1v) is 11.4. The molecule has 8 nitrogen and oxygen atoms in total. The molecule has 0 aliphatic carbocycles. The normalized spacial score (nSPS) is 15.2. The fourth-order valence-corrected chi connectivity index (χ4v) is 4.32. The van der Waals surface area contributed by atoms with Gasteiger partial charge < -0.3 is 15.2 Å². The summed E-state index contributed by atoms with van der Waals surface area (Å²) >= 11 is 0. The van der Waals surface area contributed by atoms with E-state index in [2.05, 4.69) is 15.5 Å². The van der Waals surface area contributed by atoms with E-state index in [9.17, 15) is 35.9 Å².